The summed E-state index contributed by atoms with van der Waals surface area (Å²) in [6.07, 6.45) is 0. The SMILES string of the molecule is CCNC(=NCc1ccc(CS(=O)(=O)NC)cc1)NCc1ccccc1OC(C)(C)C. The van der Waals surface area contributed by atoms with Crippen LogP contribution in [0.15, 0.2) is 53.5 Å². The summed E-state index contributed by atoms with van der Waals surface area (Å²) in [5.41, 5.74) is 2.52. The molecule has 0 spiro atoms. The van der Waals surface area contributed by atoms with Crippen molar-refractivity contribution in [3.05, 3.63) is 65.2 Å². The molecule has 0 aromatic heterocycles. The van der Waals surface area contributed by atoms with Crippen LogP contribution in [0.3, 0.4) is 0 Å². The number of nitrogens with zero attached hydrogens (tertiary/aromatic N) is 1. The van der Waals surface area contributed by atoms with E-state index in [2.05, 4.69) is 20.3 Å². The topological polar surface area (TPSA) is 91.8 Å². The van der Waals surface area contributed by atoms with E-state index in [1.54, 1.807) is 0 Å². The van der Waals surface area contributed by atoms with E-state index in [0.717, 1.165) is 29.0 Å². The second kappa shape index (κ2) is 11.2. The molecule has 7 nitrogen and oxygen atoms in total. The number of rotatable bonds is 9. The summed E-state index contributed by atoms with van der Waals surface area (Å²) in [4.78, 5) is 4.65. The Morgan fingerprint density at radius 1 is 1.00 bits per heavy atom. The molecule has 0 radical (unpaired) electrons. The van der Waals surface area contributed by atoms with Gasteiger partial charge in [-0.2, -0.15) is 0 Å². The molecule has 2 aromatic rings. The average molecular weight is 447 g/mol. The van der Waals surface area contributed by atoms with Crippen molar-refractivity contribution >= 4 is 16.0 Å². The Labute approximate surface area is 186 Å². The molecule has 31 heavy (non-hydrogen) atoms. The van der Waals surface area contributed by atoms with E-state index in [4.69, 9.17) is 4.74 Å². The molecule has 0 amide bonds. The third-order valence-electron chi connectivity index (χ3n) is 4.29. The standard InChI is InChI=1S/C23H34N4O3S/c1-6-25-22(27-16-20-9-7-8-10-21(20)30-23(2,3)4)26-15-18-11-13-19(14-12-18)17-31(28,29)24-5/h7-14,24H,6,15-17H2,1-5H3,(H2,25,26,27). The number of hydrogen-bond acceptors (Lipinski definition) is 4. The fraction of sp³-hybridized carbons (Fsp3) is 0.435. The highest BCUT2D eigenvalue weighted by molar-refractivity contribution is 7.88. The van der Waals surface area contributed by atoms with Gasteiger partial charge in [0.1, 0.15) is 11.4 Å². The van der Waals surface area contributed by atoms with E-state index in [-0.39, 0.29) is 11.4 Å². The monoisotopic (exact) mass is 446 g/mol. The molecule has 0 unspecified atom stereocenters. The van der Waals surface area contributed by atoms with Gasteiger partial charge in [-0.1, -0.05) is 42.5 Å². The highest BCUT2D eigenvalue weighted by Crippen LogP contribution is 2.22. The van der Waals surface area contributed by atoms with E-state index in [0.29, 0.717) is 19.0 Å². The van der Waals surface area contributed by atoms with Crippen molar-refractivity contribution in [2.45, 2.75) is 52.1 Å². The van der Waals surface area contributed by atoms with Crippen molar-refractivity contribution in [3.63, 3.8) is 0 Å². The number of guanidine groups is 1. The first-order chi connectivity index (χ1) is 14.6. The summed E-state index contributed by atoms with van der Waals surface area (Å²) in [6.45, 7) is 9.91. The van der Waals surface area contributed by atoms with Crippen LogP contribution in [-0.2, 0) is 28.9 Å². The fourth-order valence-electron chi connectivity index (χ4n) is 2.80. The molecule has 2 aromatic carbocycles. The molecule has 3 N–H and O–H groups in total. The van der Waals surface area contributed by atoms with Gasteiger partial charge >= 0.3 is 0 Å². The molecule has 0 atom stereocenters. The highest BCUT2D eigenvalue weighted by Gasteiger charge is 2.14. The zero-order chi connectivity index (χ0) is 22.9. The van der Waals surface area contributed by atoms with Crippen LogP contribution in [-0.4, -0.2) is 33.6 Å². The average Bonchev–Trinajstić information content (AvgIpc) is 2.71. The van der Waals surface area contributed by atoms with Crippen molar-refractivity contribution in [2.24, 2.45) is 4.99 Å². The van der Waals surface area contributed by atoms with Gasteiger partial charge in [-0.15, -0.1) is 0 Å². The smallest absolute Gasteiger partial charge is 0.215 e. The number of benzene rings is 2. The van der Waals surface area contributed by atoms with Crippen molar-refractivity contribution < 1.29 is 13.2 Å². The minimum Gasteiger partial charge on any atom is -0.488 e. The van der Waals surface area contributed by atoms with Crippen molar-refractivity contribution in [1.82, 2.24) is 15.4 Å². The van der Waals surface area contributed by atoms with Crippen LogP contribution in [0.1, 0.15) is 44.4 Å². The molecule has 0 saturated carbocycles. The summed E-state index contributed by atoms with van der Waals surface area (Å²) in [6, 6.07) is 15.4. The number of sulfonamides is 1. The molecule has 0 aliphatic rings. The third kappa shape index (κ3) is 8.98. The number of hydrogen-bond donors (Lipinski definition) is 3. The zero-order valence-electron chi connectivity index (χ0n) is 19.0. The second-order valence-corrected chi connectivity index (χ2v) is 10.1. The van der Waals surface area contributed by atoms with E-state index in [1.165, 1.54) is 7.05 Å². The third-order valence-corrected chi connectivity index (χ3v) is 5.63. The number of nitrogens with one attached hydrogen (secondary N) is 3. The van der Waals surface area contributed by atoms with Crippen LogP contribution in [0.4, 0.5) is 0 Å². The van der Waals surface area contributed by atoms with E-state index >= 15 is 0 Å². The van der Waals surface area contributed by atoms with E-state index < -0.39 is 10.0 Å². The fourth-order valence-corrected chi connectivity index (χ4v) is 3.58. The normalized spacial score (nSPS) is 12.5. The van der Waals surface area contributed by atoms with Gasteiger partial charge in [-0.25, -0.2) is 18.1 Å². The van der Waals surface area contributed by atoms with Gasteiger partial charge in [-0.05, 0) is 51.9 Å². The van der Waals surface area contributed by atoms with Crippen LogP contribution in [0.25, 0.3) is 0 Å². The van der Waals surface area contributed by atoms with E-state index in [9.17, 15) is 8.42 Å². The molecular formula is C23H34N4O3S. The van der Waals surface area contributed by atoms with Crippen LogP contribution in [0.5, 0.6) is 5.75 Å². The summed E-state index contributed by atoms with van der Waals surface area (Å²) < 4.78 is 31.7. The van der Waals surface area contributed by atoms with Crippen molar-refractivity contribution in [2.75, 3.05) is 13.6 Å². The number of ether oxygens (including phenoxy) is 1. The predicted octanol–water partition coefficient (Wildman–Crippen LogP) is 3.17. The Morgan fingerprint density at radius 2 is 1.65 bits per heavy atom. The van der Waals surface area contributed by atoms with Gasteiger partial charge in [0.2, 0.25) is 10.0 Å². The van der Waals surface area contributed by atoms with Gasteiger partial charge < -0.3 is 15.4 Å². The maximum absolute atomic E-state index is 11.7. The molecule has 0 heterocycles. The largest absolute Gasteiger partial charge is 0.488 e. The van der Waals surface area contributed by atoms with Gasteiger partial charge in [0.05, 0.1) is 12.3 Å². The van der Waals surface area contributed by atoms with Crippen LogP contribution >= 0.6 is 0 Å². The molecular weight excluding hydrogens is 412 g/mol. The first-order valence-electron chi connectivity index (χ1n) is 10.4. The number of para-hydroxylation sites is 1. The minimum absolute atomic E-state index is 0.0344. The van der Waals surface area contributed by atoms with E-state index in [1.807, 2.05) is 76.2 Å². The number of aliphatic imine (C=N–C) groups is 1. The van der Waals surface area contributed by atoms with Crippen molar-refractivity contribution in [1.29, 1.82) is 0 Å². The van der Waals surface area contributed by atoms with Gasteiger partial charge in [0.15, 0.2) is 5.96 Å². The lowest BCUT2D eigenvalue weighted by molar-refractivity contribution is 0.129. The van der Waals surface area contributed by atoms with Crippen LogP contribution in [0.2, 0.25) is 0 Å². The lowest BCUT2D eigenvalue weighted by Gasteiger charge is -2.23. The summed E-state index contributed by atoms with van der Waals surface area (Å²) >= 11 is 0. The maximum Gasteiger partial charge on any atom is 0.215 e. The quantitative estimate of drug-likeness (QED) is 0.406. The maximum atomic E-state index is 11.7. The second-order valence-electron chi connectivity index (χ2n) is 8.15. The zero-order valence-corrected chi connectivity index (χ0v) is 19.8. The molecule has 0 fully saturated rings. The Bertz CT molecular complexity index is 965. The molecule has 0 saturated heterocycles. The van der Waals surface area contributed by atoms with Crippen LogP contribution in [0, 0.1) is 0 Å². The first kappa shape index (κ1) is 24.7. The molecule has 0 aliphatic heterocycles. The Kier molecular flexibility index (Phi) is 8.88. The van der Waals surface area contributed by atoms with Gasteiger partial charge in [-0.3, -0.25) is 0 Å². The Hall–Kier alpha value is -2.58. The predicted molar refractivity (Wildman–Crippen MR) is 127 cm³/mol. The highest BCUT2D eigenvalue weighted by atomic mass is 32.2. The molecule has 170 valence electrons. The Balaban J connectivity index is 2.03. The minimum atomic E-state index is -3.28. The summed E-state index contributed by atoms with van der Waals surface area (Å²) in [5.74, 6) is 1.52. The van der Waals surface area contributed by atoms with Gasteiger partial charge in [0.25, 0.3) is 0 Å². The summed E-state index contributed by atoms with van der Waals surface area (Å²) in [7, 11) is -1.86. The Morgan fingerprint density at radius 3 is 2.26 bits per heavy atom. The lowest BCUT2D eigenvalue weighted by Crippen LogP contribution is -2.37. The lowest BCUT2D eigenvalue weighted by atomic mass is 10.1. The molecule has 0 bridgehead atoms. The van der Waals surface area contributed by atoms with Crippen molar-refractivity contribution in [3.8, 4) is 5.75 Å². The molecule has 0 aliphatic carbocycles. The first-order valence-corrected chi connectivity index (χ1v) is 12.1. The summed E-state index contributed by atoms with van der Waals surface area (Å²) in [5, 5.41) is 6.61. The molecule has 2 rings (SSSR count). The van der Waals surface area contributed by atoms with Gasteiger partial charge in [0, 0.05) is 18.7 Å². The molecule has 8 heteroatoms. The van der Waals surface area contributed by atoms with Crippen LogP contribution < -0.4 is 20.1 Å².